The van der Waals surface area contributed by atoms with Crippen LogP contribution in [0, 0.1) is 6.92 Å². The van der Waals surface area contributed by atoms with Crippen molar-refractivity contribution in [2.45, 2.75) is 32.6 Å². The molecule has 0 aliphatic carbocycles. The predicted octanol–water partition coefficient (Wildman–Crippen LogP) is 4.43. The van der Waals surface area contributed by atoms with Gasteiger partial charge in [0, 0.05) is 24.2 Å². The highest BCUT2D eigenvalue weighted by molar-refractivity contribution is 6.07. The van der Waals surface area contributed by atoms with Gasteiger partial charge in [-0.2, -0.15) is 0 Å². The number of aryl methyl sites for hydroxylation is 1. The second kappa shape index (κ2) is 8.46. The molecule has 2 heterocycles. The van der Waals surface area contributed by atoms with Crippen molar-refractivity contribution >= 4 is 17.3 Å². The largest absolute Gasteiger partial charge is 0.486 e. The Balaban J connectivity index is 1.62. The van der Waals surface area contributed by atoms with E-state index in [1.807, 2.05) is 24.3 Å². The van der Waals surface area contributed by atoms with Gasteiger partial charge < -0.3 is 14.4 Å². The molecule has 0 N–H and O–H groups in total. The predicted molar refractivity (Wildman–Crippen MR) is 111 cm³/mol. The van der Waals surface area contributed by atoms with Crippen molar-refractivity contribution in [2.24, 2.45) is 4.99 Å². The van der Waals surface area contributed by atoms with E-state index in [0.717, 1.165) is 42.9 Å². The number of fused-ring (bicyclic) bond motifs is 1. The molecule has 2 aliphatic heterocycles. The number of rotatable bonds is 4. The second-order valence-corrected chi connectivity index (χ2v) is 7.26. The van der Waals surface area contributed by atoms with Gasteiger partial charge in [0.05, 0.1) is 6.54 Å². The quantitative estimate of drug-likeness (QED) is 0.739. The highest BCUT2D eigenvalue weighted by Gasteiger charge is 2.22. The highest BCUT2D eigenvalue weighted by atomic mass is 16.6. The maximum absolute atomic E-state index is 13.2. The van der Waals surface area contributed by atoms with E-state index in [-0.39, 0.29) is 12.3 Å². The molecule has 0 atom stereocenters. The lowest BCUT2D eigenvalue weighted by atomic mass is 10.1. The average Bonchev–Trinajstić information content (AvgIpc) is 3.01. The monoisotopic (exact) mass is 378 g/mol. The number of ether oxygens (including phenoxy) is 2. The van der Waals surface area contributed by atoms with E-state index >= 15 is 0 Å². The Morgan fingerprint density at radius 2 is 1.86 bits per heavy atom. The van der Waals surface area contributed by atoms with Gasteiger partial charge in [0.15, 0.2) is 17.3 Å². The van der Waals surface area contributed by atoms with Crippen LogP contribution in [0.25, 0.3) is 0 Å². The van der Waals surface area contributed by atoms with Crippen molar-refractivity contribution in [3.05, 3.63) is 53.6 Å². The molecule has 2 aliphatic rings. The summed E-state index contributed by atoms with van der Waals surface area (Å²) in [6.07, 6.45) is 4.31. The van der Waals surface area contributed by atoms with E-state index in [0.29, 0.717) is 30.3 Å². The minimum atomic E-state index is 0.0483. The zero-order chi connectivity index (χ0) is 19.3. The van der Waals surface area contributed by atoms with Crippen LogP contribution < -0.4 is 14.4 Å². The van der Waals surface area contributed by atoms with Crippen LogP contribution in [-0.4, -0.2) is 37.9 Å². The number of benzene rings is 2. The Bertz CT molecular complexity index is 891. The number of ketones is 1. The summed E-state index contributed by atoms with van der Waals surface area (Å²) in [5.41, 5.74) is 2.83. The zero-order valence-corrected chi connectivity index (χ0v) is 16.3. The molecule has 0 fully saturated rings. The summed E-state index contributed by atoms with van der Waals surface area (Å²) in [4.78, 5) is 20.1. The fraction of sp³-hybridized carbons (Fsp3) is 0.391. The maximum atomic E-state index is 13.2. The van der Waals surface area contributed by atoms with Gasteiger partial charge >= 0.3 is 0 Å². The van der Waals surface area contributed by atoms with Crippen molar-refractivity contribution < 1.29 is 14.3 Å². The third-order valence-corrected chi connectivity index (χ3v) is 5.24. The number of para-hydroxylation sites is 1. The van der Waals surface area contributed by atoms with Gasteiger partial charge in [0.2, 0.25) is 0 Å². The number of carbonyl (C=O) groups excluding carboxylic acids is 1. The molecule has 0 unspecified atom stereocenters. The summed E-state index contributed by atoms with van der Waals surface area (Å²) >= 11 is 0. The van der Waals surface area contributed by atoms with E-state index in [1.165, 1.54) is 6.42 Å². The minimum absolute atomic E-state index is 0.0483. The third-order valence-electron chi connectivity index (χ3n) is 5.24. The van der Waals surface area contributed by atoms with Crippen LogP contribution in [0.1, 0.15) is 41.6 Å². The van der Waals surface area contributed by atoms with Crippen LogP contribution in [0.3, 0.4) is 0 Å². The molecular formula is C23H26N2O3. The van der Waals surface area contributed by atoms with Gasteiger partial charge in [0.1, 0.15) is 19.0 Å². The number of aliphatic imine (C=N–C) groups is 1. The SMILES string of the molecule is Cc1ccccc1N(CC(=O)c1ccc2c(c1)OCCO2)C1=NCCCCC1. The van der Waals surface area contributed by atoms with Gasteiger partial charge in [-0.15, -0.1) is 0 Å². The summed E-state index contributed by atoms with van der Waals surface area (Å²) in [6, 6.07) is 13.6. The molecule has 0 spiro atoms. The van der Waals surface area contributed by atoms with E-state index in [1.54, 1.807) is 6.07 Å². The molecule has 0 bridgehead atoms. The highest BCUT2D eigenvalue weighted by Crippen LogP contribution is 2.31. The molecule has 0 aromatic heterocycles. The zero-order valence-electron chi connectivity index (χ0n) is 16.3. The topological polar surface area (TPSA) is 51.1 Å². The number of carbonyl (C=O) groups is 1. The summed E-state index contributed by atoms with van der Waals surface area (Å²) in [5.74, 6) is 2.41. The van der Waals surface area contributed by atoms with Crippen LogP contribution in [-0.2, 0) is 0 Å². The lowest BCUT2D eigenvalue weighted by Crippen LogP contribution is -2.36. The Morgan fingerprint density at radius 1 is 1.04 bits per heavy atom. The van der Waals surface area contributed by atoms with E-state index in [4.69, 9.17) is 14.5 Å². The summed E-state index contributed by atoms with van der Waals surface area (Å²) in [7, 11) is 0. The van der Waals surface area contributed by atoms with Gasteiger partial charge in [-0.3, -0.25) is 9.79 Å². The first-order valence-corrected chi connectivity index (χ1v) is 10.0. The Hall–Kier alpha value is -2.82. The molecule has 146 valence electrons. The molecule has 4 rings (SSSR count). The second-order valence-electron chi connectivity index (χ2n) is 7.26. The van der Waals surface area contributed by atoms with Gasteiger partial charge in [-0.05, 0) is 49.6 Å². The standard InChI is InChI=1S/C23H26N2O3/c1-17-7-4-5-8-19(17)25(23-9-3-2-6-12-24-23)16-20(26)18-10-11-21-22(15-18)28-14-13-27-21/h4-5,7-8,10-11,15H,2-3,6,9,12-14,16H2,1H3. The molecular weight excluding hydrogens is 352 g/mol. The number of hydrogen-bond donors (Lipinski definition) is 0. The van der Waals surface area contributed by atoms with Gasteiger partial charge in [0.25, 0.3) is 0 Å². The summed E-state index contributed by atoms with van der Waals surface area (Å²) < 4.78 is 11.2. The first-order valence-electron chi connectivity index (χ1n) is 10.0. The normalized spacial score (nSPS) is 16.1. The average molecular weight is 378 g/mol. The van der Waals surface area contributed by atoms with Crippen molar-refractivity contribution in [1.29, 1.82) is 0 Å². The van der Waals surface area contributed by atoms with E-state index in [2.05, 4.69) is 24.0 Å². The fourth-order valence-electron chi connectivity index (χ4n) is 3.71. The van der Waals surface area contributed by atoms with Crippen molar-refractivity contribution in [3.63, 3.8) is 0 Å². The van der Waals surface area contributed by atoms with Gasteiger partial charge in [-0.1, -0.05) is 24.6 Å². The number of nitrogens with zero attached hydrogens (tertiary/aromatic N) is 2. The third kappa shape index (κ3) is 4.03. The molecule has 0 saturated carbocycles. The summed E-state index contributed by atoms with van der Waals surface area (Å²) in [5, 5.41) is 0. The Morgan fingerprint density at radius 3 is 2.71 bits per heavy atom. The molecule has 0 radical (unpaired) electrons. The maximum Gasteiger partial charge on any atom is 0.182 e. The van der Waals surface area contributed by atoms with Crippen LogP contribution >= 0.6 is 0 Å². The lowest BCUT2D eigenvalue weighted by molar-refractivity contribution is 0.100. The minimum Gasteiger partial charge on any atom is -0.486 e. The number of amidine groups is 1. The first-order chi connectivity index (χ1) is 13.7. The number of anilines is 1. The van der Waals surface area contributed by atoms with Crippen LogP contribution in [0.5, 0.6) is 11.5 Å². The number of hydrogen-bond acceptors (Lipinski definition) is 5. The molecule has 0 saturated heterocycles. The fourth-order valence-corrected chi connectivity index (χ4v) is 3.71. The molecule has 5 nitrogen and oxygen atoms in total. The summed E-state index contributed by atoms with van der Waals surface area (Å²) in [6.45, 7) is 4.23. The van der Waals surface area contributed by atoms with Crippen LogP contribution in [0.2, 0.25) is 0 Å². The van der Waals surface area contributed by atoms with E-state index < -0.39 is 0 Å². The van der Waals surface area contributed by atoms with Crippen LogP contribution in [0.4, 0.5) is 5.69 Å². The molecule has 2 aromatic rings. The van der Waals surface area contributed by atoms with Gasteiger partial charge in [-0.25, -0.2) is 0 Å². The Kier molecular flexibility index (Phi) is 5.60. The number of Topliss-reactive ketones (excluding diaryl/α,β-unsaturated/α-hetero) is 1. The molecule has 2 aromatic carbocycles. The van der Waals surface area contributed by atoms with E-state index in [9.17, 15) is 4.79 Å². The smallest absolute Gasteiger partial charge is 0.182 e. The lowest BCUT2D eigenvalue weighted by Gasteiger charge is -2.27. The molecule has 5 heteroatoms. The van der Waals surface area contributed by atoms with Crippen molar-refractivity contribution in [2.75, 3.05) is 31.2 Å². The van der Waals surface area contributed by atoms with Crippen molar-refractivity contribution in [1.82, 2.24) is 0 Å². The molecule has 0 amide bonds. The van der Waals surface area contributed by atoms with Crippen molar-refractivity contribution in [3.8, 4) is 11.5 Å². The van der Waals surface area contributed by atoms with Crippen LogP contribution in [0.15, 0.2) is 47.5 Å². The molecule has 28 heavy (non-hydrogen) atoms. The first kappa shape index (κ1) is 18.5. The Labute approximate surface area is 166 Å².